The lowest BCUT2D eigenvalue weighted by atomic mass is 10.1. The molecule has 0 saturated heterocycles. The predicted octanol–water partition coefficient (Wildman–Crippen LogP) is 3.04. The standard InChI is InChI=1S/C19H20N4O2/c1-14-11-12-20-23(14)18-10-6-5-9-16(18)21-19(25)22-17(13-24)15-7-3-2-4-8-15/h2-12,17,24H,13H2,1H3,(H2,21,22,25). The van der Waals surface area contributed by atoms with Crippen molar-refractivity contribution in [1.29, 1.82) is 0 Å². The van der Waals surface area contributed by atoms with Gasteiger partial charge in [-0.15, -0.1) is 0 Å². The lowest BCUT2D eigenvalue weighted by molar-refractivity contribution is 0.225. The highest BCUT2D eigenvalue weighted by Crippen LogP contribution is 2.21. The molecular weight excluding hydrogens is 316 g/mol. The maximum absolute atomic E-state index is 12.4. The maximum atomic E-state index is 12.4. The van der Waals surface area contributed by atoms with Gasteiger partial charge in [0.15, 0.2) is 0 Å². The number of carbonyl (C=O) groups is 1. The van der Waals surface area contributed by atoms with Crippen LogP contribution in [0.5, 0.6) is 0 Å². The second kappa shape index (κ2) is 7.63. The molecule has 0 fully saturated rings. The third-order valence-electron chi connectivity index (χ3n) is 3.90. The molecule has 25 heavy (non-hydrogen) atoms. The lowest BCUT2D eigenvalue weighted by Gasteiger charge is -2.18. The minimum absolute atomic E-state index is 0.183. The first-order valence-corrected chi connectivity index (χ1v) is 8.02. The fourth-order valence-corrected chi connectivity index (χ4v) is 2.62. The third kappa shape index (κ3) is 3.87. The normalized spacial score (nSPS) is 11.8. The van der Waals surface area contributed by atoms with E-state index in [9.17, 15) is 9.90 Å². The van der Waals surface area contributed by atoms with E-state index in [0.29, 0.717) is 5.69 Å². The Morgan fingerprint density at radius 3 is 2.52 bits per heavy atom. The van der Waals surface area contributed by atoms with Gasteiger partial charge in [-0.3, -0.25) is 0 Å². The molecule has 6 heteroatoms. The molecule has 1 heterocycles. The quantitative estimate of drug-likeness (QED) is 0.670. The summed E-state index contributed by atoms with van der Waals surface area (Å²) < 4.78 is 1.76. The number of carbonyl (C=O) groups excluding carboxylic acids is 1. The van der Waals surface area contributed by atoms with Crippen molar-refractivity contribution >= 4 is 11.7 Å². The molecule has 128 valence electrons. The number of urea groups is 1. The van der Waals surface area contributed by atoms with Gasteiger partial charge in [-0.1, -0.05) is 42.5 Å². The van der Waals surface area contributed by atoms with E-state index in [2.05, 4.69) is 15.7 Å². The molecule has 3 aromatic rings. The van der Waals surface area contributed by atoms with Crippen molar-refractivity contribution in [2.75, 3.05) is 11.9 Å². The molecule has 0 spiro atoms. The van der Waals surface area contributed by atoms with Crippen LogP contribution in [0.2, 0.25) is 0 Å². The number of aliphatic hydroxyl groups excluding tert-OH is 1. The number of amides is 2. The van der Waals surface area contributed by atoms with Gasteiger partial charge in [-0.2, -0.15) is 5.10 Å². The Hall–Kier alpha value is -3.12. The molecule has 2 aromatic carbocycles. The summed E-state index contributed by atoms with van der Waals surface area (Å²) in [7, 11) is 0. The van der Waals surface area contributed by atoms with E-state index >= 15 is 0 Å². The number of rotatable bonds is 5. The van der Waals surface area contributed by atoms with Crippen LogP contribution in [0.25, 0.3) is 5.69 Å². The third-order valence-corrected chi connectivity index (χ3v) is 3.90. The van der Waals surface area contributed by atoms with E-state index < -0.39 is 6.04 Å². The molecule has 0 aliphatic heterocycles. The van der Waals surface area contributed by atoms with E-state index in [0.717, 1.165) is 16.9 Å². The summed E-state index contributed by atoms with van der Waals surface area (Å²) in [4.78, 5) is 12.4. The van der Waals surface area contributed by atoms with Gasteiger partial charge in [0.2, 0.25) is 0 Å². The fourth-order valence-electron chi connectivity index (χ4n) is 2.62. The second-order valence-electron chi connectivity index (χ2n) is 5.65. The number of hydrogen-bond acceptors (Lipinski definition) is 3. The first-order chi connectivity index (χ1) is 12.2. The molecule has 0 aliphatic rings. The van der Waals surface area contributed by atoms with E-state index in [-0.39, 0.29) is 12.6 Å². The Morgan fingerprint density at radius 2 is 1.84 bits per heavy atom. The zero-order chi connectivity index (χ0) is 17.6. The zero-order valence-electron chi connectivity index (χ0n) is 13.9. The van der Waals surface area contributed by atoms with Crippen molar-refractivity contribution in [3.8, 4) is 5.69 Å². The van der Waals surface area contributed by atoms with Crippen LogP contribution in [-0.4, -0.2) is 27.5 Å². The van der Waals surface area contributed by atoms with Crippen molar-refractivity contribution < 1.29 is 9.90 Å². The number of nitrogens with one attached hydrogen (secondary N) is 2. The summed E-state index contributed by atoms with van der Waals surface area (Å²) >= 11 is 0. The highest BCUT2D eigenvalue weighted by molar-refractivity contribution is 5.91. The van der Waals surface area contributed by atoms with Gasteiger partial charge in [0, 0.05) is 11.9 Å². The number of aliphatic hydroxyl groups is 1. The van der Waals surface area contributed by atoms with Crippen molar-refractivity contribution in [2.24, 2.45) is 0 Å². The van der Waals surface area contributed by atoms with Crippen molar-refractivity contribution in [2.45, 2.75) is 13.0 Å². The van der Waals surface area contributed by atoms with Gasteiger partial charge >= 0.3 is 6.03 Å². The van der Waals surface area contributed by atoms with Crippen LogP contribution >= 0.6 is 0 Å². The number of para-hydroxylation sites is 2. The van der Waals surface area contributed by atoms with Gasteiger partial charge in [0.25, 0.3) is 0 Å². The number of hydrogen-bond donors (Lipinski definition) is 3. The topological polar surface area (TPSA) is 79.2 Å². The molecule has 1 atom stereocenters. The summed E-state index contributed by atoms with van der Waals surface area (Å²) in [5, 5.41) is 19.5. The van der Waals surface area contributed by atoms with Crippen LogP contribution in [-0.2, 0) is 0 Å². The van der Waals surface area contributed by atoms with Gasteiger partial charge in [0.05, 0.1) is 24.0 Å². The number of aryl methyl sites for hydroxylation is 1. The average molecular weight is 336 g/mol. The van der Waals surface area contributed by atoms with E-state index in [4.69, 9.17) is 0 Å². The largest absolute Gasteiger partial charge is 0.394 e. The van der Waals surface area contributed by atoms with E-state index in [1.807, 2.05) is 67.6 Å². The summed E-state index contributed by atoms with van der Waals surface area (Å²) in [5.74, 6) is 0. The maximum Gasteiger partial charge on any atom is 0.319 e. The highest BCUT2D eigenvalue weighted by atomic mass is 16.3. The molecule has 0 saturated carbocycles. The Labute approximate surface area is 146 Å². The molecule has 2 amide bonds. The average Bonchev–Trinajstić information content (AvgIpc) is 3.06. The van der Waals surface area contributed by atoms with Crippen LogP contribution in [0.15, 0.2) is 66.9 Å². The molecule has 1 unspecified atom stereocenters. The monoisotopic (exact) mass is 336 g/mol. The number of benzene rings is 2. The SMILES string of the molecule is Cc1ccnn1-c1ccccc1NC(=O)NC(CO)c1ccccc1. The van der Waals surface area contributed by atoms with Crippen LogP contribution in [0.4, 0.5) is 10.5 Å². The minimum Gasteiger partial charge on any atom is -0.394 e. The van der Waals surface area contributed by atoms with Gasteiger partial charge in [-0.25, -0.2) is 9.48 Å². The first kappa shape index (κ1) is 16.7. The number of nitrogens with zero attached hydrogens (tertiary/aromatic N) is 2. The molecule has 3 rings (SSSR count). The molecule has 3 N–H and O–H groups in total. The van der Waals surface area contributed by atoms with Crippen LogP contribution in [0.3, 0.4) is 0 Å². The van der Waals surface area contributed by atoms with Crippen LogP contribution in [0.1, 0.15) is 17.3 Å². The minimum atomic E-state index is -0.472. The summed E-state index contributed by atoms with van der Waals surface area (Å²) in [6, 6.07) is 17.8. The Kier molecular flexibility index (Phi) is 5.11. The molecule has 0 radical (unpaired) electrons. The molecule has 0 aliphatic carbocycles. The van der Waals surface area contributed by atoms with Crippen LogP contribution in [0, 0.1) is 6.92 Å². The van der Waals surface area contributed by atoms with Crippen molar-refractivity contribution in [3.63, 3.8) is 0 Å². The van der Waals surface area contributed by atoms with Crippen molar-refractivity contribution in [1.82, 2.24) is 15.1 Å². The van der Waals surface area contributed by atoms with E-state index in [1.165, 1.54) is 0 Å². The Morgan fingerprint density at radius 1 is 1.12 bits per heavy atom. The van der Waals surface area contributed by atoms with Crippen LogP contribution < -0.4 is 10.6 Å². The van der Waals surface area contributed by atoms with Gasteiger partial charge in [-0.05, 0) is 30.7 Å². The van der Waals surface area contributed by atoms with Crippen molar-refractivity contribution in [3.05, 3.63) is 78.1 Å². The lowest BCUT2D eigenvalue weighted by Crippen LogP contribution is -2.34. The number of anilines is 1. The summed E-state index contributed by atoms with van der Waals surface area (Å²) in [5.41, 5.74) is 3.22. The molecule has 1 aromatic heterocycles. The fraction of sp³-hybridized carbons (Fsp3) is 0.158. The smallest absolute Gasteiger partial charge is 0.319 e. The zero-order valence-corrected chi connectivity index (χ0v) is 13.9. The molecule has 6 nitrogen and oxygen atoms in total. The summed E-state index contributed by atoms with van der Waals surface area (Å²) in [6.45, 7) is 1.76. The van der Waals surface area contributed by atoms with Gasteiger partial charge in [0.1, 0.15) is 0 Å². The Balaban J connectivity index is 1.77. The Bertz CT molecular complexity index is 845. The van der Waals surface area contributed by atoms with E-state index in [1.54, 1.807) is 10.9 Å². The highest BCUT2D eigenvalue weighted by Gasteiger charge is 2.15. The molecule has 0 bridgehead atoms. The number of aromatic nitrogens is 2. The predicted molar refractivity (Wildman–Crippen MR) is 96.7 cm³/mol. The first-order valence-electron chi connectivity index (χ1n) is 8.02. The van der Waals surface area contributed by atoms with Gasteiger partial charge < -0.3 is 15.7 Å². The molecular formula is C19H20N4O2. The second-order valence-corrected chi connectivity index (χ2v) is 5.65. The summed E-state index contributed by atoms with van der Waals surface area (Å²) in [6.07, 6.45) is 1.71.